The second-order valence-corrected chi connectivity index (χ2v) is 5.39. The SMILES string of the molecule is Cc1ccc(-c2nnc(CN(C)CCCCCO)o2)cc1. The molecule has 2 aromatic rings. The molecule has 0 saturated carbocycles. The Morgan fingerprint density at radius 3 is 2.57 bits per heavy atom. The number of unbranched alkanes of at least 4 members (excludes halogenated alkanes) is 2. The molecule has 114 valence electrons. The topological polar surface area (TPSA) is 62.4 Å². The van der Waals surface area contributed by atoms with E-state index in [-0.39, 0.29) is 6.61 Å². The summed E-state index contributed by atoms with van der Waals surface area (Å²) in [6, 6.07) is 8.05. The molecule has 1 N–H and O–H groups in total. The van der Waals surface area contributed by atoms with Crippen molar-refractivity contribution in [3.8, 4) is 11.5 Å². The van der Waals surface area contributed by atoms with Crippen LogP contribution in [0.15, 0.2) is 28.7 Å². The number of nitrogens with zero attached hydrogens (tertiary/aromatic N) is 3. The fourth-order valence-electron chi connectivity index (χ4n) is 2.11. The standard InChI is InChI=1S/C16H23N3O2/c1-13-6-8-14(9-7-13)16-18-17-15(21-16)12-19(2)10-4-3-5-11-20/h6-9,20H,3-5,10-12H2,1-2H3. The summed E-state index contributed by atoms with van der Waals surface area (Å²) in [7, 11) is 2.04. The first-order valence-corrected chi connectivity index (χ1v) is 7.38. The molecule has 0 spiro atoms. The van der Waals surface area contributed by atoms with Crippen LogP contribution in [0.5, 0.6) is 0 Å². The highest BCUT2D eigenvalue weighted by Crippen LogP contribution is 2.18. The molecule has 21 heavy (non-hydrogen) atoms. The van der Waals surface area contributed by atoms with Crippen molar-refractivity contribution in [1.82, 2.24) is 15.1 Å². The van der Waals surface area contributed by atoms with Gasteiger partial charge < -0.3 is 9.52 Å². The zero-order valence-corrected chi connectivity index (χ0v) is 12.7. The molecule has 2 rings (SSSR count). The van der Waals surface area contributed by atoms with E-state index in [0.717, 1.165) is 31.4 Å². The molecule has 1 heterocycles. The summed E-state index contributed by atoms with van der Waals surface area (Å²) in [4.78, 5) is 2.16. The normalized spacial score (nSPS) is 11.2. The van der Waals surface area contributed by atoms with E-state index < -0.39 is 0 Å². The van der Waals surface area contributed by atoms with Crippen LogP contribution < -0.4 is 0 Å². The molecule has 5 heteroatoms. The van der Waals surface area contributed by atoms with Crippen molar-refractivity contribution in [3.63, 3.8) is 0 Å². The van der Waals surface area contributed by atoms with Gasteiger partial charge in [-0.1, -0.05) is 17.7 Å². The minimum absolute atomic E-state index is 0.271. The predicted octanol–water partition coefficient (Wildman–Crippen LogP) is 2.64. The molecule has 0 aliphatic heterocycles. The van der Waals surface area contributed by atoms with Gasteiger partial charge in [-0.15, -0.1) is 10.2 Å². The molecular formula is C16H23N3O2. The average molecular weight is 289 g/mol. The molecular weight excluding hydrogens is 266 g/mol. The zero-order chi connectivity index (χ0) is 15.1. The van der Waals surface area contributed by atoms with Crippen molar-refractivity contribution in [3.05, 3.63) is 35.7 Å². The number of aliphatic hydroxyl groups is 1. The second kappa shape index (κ2) is 7.90. The zero-order valence-electron chi connectivity index (χ0n) is 12.7. The maximum atomic E-state index is 8.75. The Balaban J connectivity index is 1.86. The van der Waals surface area contributed by atoms with E-state index >= 15 is 0 Å². The highest BCUT2D eigenvalue weighted by atomic mass is 16.4. The summed E-state index contributed by atoms with van der Waals surface area (Å²) in [5.41, 5.74) is 2.16. The van der Waals surface area contributed by atoms with Gasteiger partial charge in [-0.3, -0.25) is 4.90 Å². The maximum absolute atomic E-state index is 8.75. The third-order valence-electron chi connectivity index (χ3n) is 3.37. The van der Waals surface area contributed by atoms with Gasteiger partial charge in [-0.05, 0) is 51.9 Å². The van der Waals surface area contributed by atoms with E-state index in [1.165, 1.54) is 5.56 Å². The van der Waals surface area contributed by atoms with Crippen molar-refractivity contribution >= 4 is 0 Å². The summed E-state index contributed by atoms with van der Waals surface area (Å²) < 4.78 is 5.70. The third-order valence-corrected chi connectivity index (χ3v) is 3.37. The Labute approximate surface area is 125 Å². The van der Waals surface area contributed by atoms with Gasteiger partial charge in [-0.2, -0.15) is 0 Å². The smallest absolute Gasteiger partial charge is 0.247 e. The van der Waals surface area contributed by atoms with Crippen molar-refractivity contribution < 1.29 is 9.52 Å². The fraction of sp³-hybridized carbons (Fsp3) is 0.500. The second-order valence-electron chi connectivity index (χ2n) is 5.39. The number of aliphatic hydroxyl groups excluding tert-OH is 1. The van der Waals surface area contributed by atoms with Crippen LogP contribution in [0.4, 0.5) is 0 Å². The number of rotatable bonds is 8. The Hall–Kier alpha value is -1.72. The predicted molar refractivity (Wildman–Crippen MR) is 81.7 cm³/mol. The van der Waals surface area contributed by atoms with E-state index in [1.807, 2.05) is 31.3 Å². The lowest BCUT2D eigenvalue weighted by Crippen LogP contribution is -2.19. The van der Waals surface area contributed by atoms with Crippen LogP contribution >= 0.6 is 0 Å². The molecule has 1 aromatic heterocycles. The van der Waals surface area contributed by atoms with Gasteiger partial charge >= 0.3 is 0 Å². The van der Waals surface area contributed by atoms with Crippen molar-refractivity contribution in [2.75, 3.05) is 20.2 Å². The molecule has 5 nitrogen and oxygen atoms in total. The summed E-state index contributed by atoms with van der Waals surface area (Å²) in [5.74, 6) is 1.20. The molecule has 1 aromatic carbocycles. The molecule has 0 bridgehead atoms. The molecule has 0 saturated heterocycles. The minimum Gasteiger partial charge on any atom is -0.419 e. The highest BCUT2D eigenvalue weighted by Gasteiger charge is 2.10. The lowest BCUT2D eigenvalue weighted by atomic mass is 10.1. The van der Waals surface area contributed by atoms with Crippen LogP contribution in [-0.4, -0.2) is 40.4 Å². The Morgan fingerprint density at radius 2 is 1.86 bits per heavy atom. The lowest BCUT2D eigenvalue weighted by Gasteiger charge is -2.13. The molecule has 0 fully saturated rings. The summed E-state index contributed by atoms with van der Waals surface area (Å²) in [5, 5.41) is 17.0. The number of benzene rings is 1. The average Bonchev–Trinajstić information content (AvgIpc) is 2.93. The molecule has 0 atom stereocenters. The Bertz CT molecular complexity index is 537. The van der Waals surface area contributed by atoms with Gasteiger partial charge in [-0.25, -0.2) is 0 Å². The van der Waals surface area contributed by atoms with E-state index in [1.54, 1.807) is 0 Å². The monoisotopic (exact) mass is 289 g/mol. The van der Waals surface area contributed by atoms with Crippen molar-refractivity contribution in [2.24, 2.45) is 0 Å². The van der Waals surface area contributed by atoms with Crippen LogP contribution in [0, 0.1) is 6.92 Å². The van der Waals surface area contributed by atoms with Crippen LogP contribution in [0.3, 0.4) is 0 Å². The highest BCUT2D eigenvalue weighted by molar-refractivity contribution is 5.52. The molecule has 0 aliphatic rings. The summed E-state index contributed by atoms with van der Waals surface area (Å²) >= 11 is 0. The van der Waals surface area contributed by atoms with Crippen LogP contribution in [0.2, 0.25) is 0 Å². The van der Waals surface area contributed by atoms with Crippen LogP contribution in [0.1, 0.15) is 30.7 Å². The number of hydrogen-bond acceptors (Lipinski definition) is 5. The maximum Gasteiger partial charge on any atom is 0.247 e. The lowest BCUT2D eigenvalue weighted by molar-refractivity contribution is 0.262. The first kappa shape index (κ1) is 15.7. The summed E-state index contributed by atoms with van der Waals surface area (Å²) in [6.07, 6.45) is 2.97. The Kier molecular flexibility index (Phi) is 5.90. The first-order valence-electron chi connectivity index (χ1n) is 7.38. The minimum atomic E-state index is 0.271. The molecule has 0 amide bonds. The largest absolute Gasteiger partial charge is 0.419 e. The van der Waals surface area contributed by atoms with Crippen LogP contribution in [0.25, 0.3) is 11.5 Å². The fourth-order valence-corrected chi connectivity index (χ4v) is 2.11. The van der Waals surface area contributed by atoms with Gasteiger partial charge in [0.25, 0.3) is 0 Å². The Morgan fingerprint density at radius 1 is 1.10 bits per heavy atom. The van der Waals surface area contributed by atoms with E-state index in [4.69, 9.17) is 9.52 Å². The number of aryl methyl sites for hydroxylation is 1. The summed E-state index contributed by atoms with van der Waals surface area (Å²) in [6.45, 7) is 3.93. The molecule has 0 unspecified atom stereocenters. The molecule has 0 aliphatic carbocycles. The van der Waals surface area contributed by atoms with Gasteiger partial charge in [0.05, 0.1) is 6.54 Å². The van der Waals surface area contributed by atoms with Gasteiger partial charge in [0.1, 0.15) is 0 Å². The van der Waals surface area contributed by atoms with E-state index in [9.17, 15) is 0 Å². The van der Waals surface area contributed by atoms with Gasteiger partial charge in [0.2, 0.25) is 11.8 Å². The molecule has 0 radical (unpaired) electrons. The number of aromatic nitrogens is 2. The third kappa shape index (κ3) is 4.95. The quantitative estimate of drug-likeness (QED) is 0.757. The van der Waals surface area contributed by atoms with E-state index in [0.29, 0.717) is 18.3 Å². The van der Waals surface area contributed by atoms with Crippen molar-refractivity contribution in [2.45, 2.75) is 32.7 Å². The number of hydrogen-bond donors (Lipinski definition) is 1. The van der Waals surface area contributed by atoms with Gasteiger partial charge in [0, 0.05) is 12.2 Å². The van der Waals surface area contributed by atoms with E-state index in [2.05, 4.69) is 22.0 Å². The first-order chi connectivity index (χ1) is 10.2. The van der Waals surface area contributed by atoms with Crippen LogP contribution in [-0.2, 0) is 6.54 Å². The van der Waals surface area contributed by atoms with Crippen molar-refractivity contribution in [1.29, 1.82) is 0 Å². The van der Waals surface area contributed by atoms with Gasteiger partial charge in [0.15, 0.2) is 0 Å².